The summed E-state index contributed by atoms with van der Waals surface area (Å²) in [4.78, 5) is 71.8. The van der Waals surface area contributed by atoms with Gasteiger partial charge in [0.15, 0.2) is 42.1 Å². The van der Waals surface area contributed by atoms with Crippen molar-refractivity contribution in [3.8, 4) is 0 Å². The maximum absolute atomic E-state index is 13.0. The van der Waals surface area contributed by atoms with Crippen LogP contribution in [0.25, 0.3) is 0 Å². The van der Waals surface area contributed by atoms with Crippen molar-refractivity contribution in [3.63, 3.8) is 0 Å². The van der Waals surface area contributed by atoms with Gasteiger partial charge in [-0.05, 0) is 81.6 Å². The first-order valence-electron chi connectivity index (χ1n) is 19.4. The number of rotatable bonds is 18. The molecule has 13 heteroatoms. The van der Waals surface area contributed by atoms with E-state index in [1.165, 1.54) is 0 Å². The van der Waals surface area contributed by atoms with Crippen molar-refractivity contribution in [1.29, 1.82) is 0 Å². The fourth-order valence-corrected chi connectivity index (χ4v) is 6.41. The lowest BCUT2D eigenvalue weighted by Gasteiger charge is -2.36. The molecule has 0 aromatic rings. The molecule has 2 rings (SSSR count). The number of hydrogen-bond donors (Lipinski definition) is 5. The number of Topliss-reactive ketones (excluding diaryl/α,β-unsaturated/α-hetero) is 2. The molecule has 0 spiro atoms. The topological polar surface area (TPSA) is 222 Å². The van der Waals surface area contributed by atoms with E-state index in [0.29, 0.717) is 11.1 Å². The minimum atomic E-state index is -2.37. The van der Waals surface area contributed by atoms with E-state index in [0.717, 1.165) is 33.4 Å². The Labute approximate surface area is 351 Å². The molecule has 0 bridgehead atoms. The van der Waals surface area contributed by atoms with Crippen molar-refractivity contribution in [3.05, 3.63) is 130 Å². The quantitative estimate of drug-likeness (QED) is 0.0762. The lowest BCUT2D eigenvalue weighted by Crippen LogP contribution is -2.45. The zero-order valence-electron chi connectivity index (χ0n) is 35.7. The molecule has 0 heterocycles. The highest BCUT2D eigenvalue weighted by Gasteiger charge is 2.42. The Balaban J connectivity index is 1.97. The number of ether oxygens (including phenoxy) is 2. The molecule has 6 unspecified atom stereocenters. The van der Waals surface area contributed by atoms with Gasteiger partial charge in [-0.2, -0.15) is 0 Å². The van der Waals surface area contributed by atoms with Crippen molar-refractivity contribution in [2.45, 2.75) is 112 Å². The highest BCUT2D eigenvalue weighted by Crippen LogP contribution is 2.41. The van der Waals surface area contributed by atoms with Crippen molar-refractivity contribution in [1.82, 2.24) is 0 Å². The summed E-state index contributed by atoms with van der Waals surface area (Å²) in [6.07, 6.45) is 17.6. The standard InChI is InChI=1S/C47H58O13/c1-27(16-12-18-29(3)20-22-34-31(5)24-37(40(51)32(34)6)59-45(57)36(48)25-39(49)50)14-10-11-15-28(2)17-13-19-30(4)21-23-35-33(7)41(52)38(26-47(35,8)9)60-46(58)43(54)42(53)44(55)56/h10-23,31,36-38,42-43,48,53-54H,24-26H2,1-9H3,(H,49,50)(H,55,56)/b11-10+,16-12+,17-13+,22-20+,23-21+,27-14+,28-15+,29-18+,30-19+. The van der Waals surface area contributed by atoms with Crippen LogP contribution < -0.4 is 0 Å². The number of hydrogen-bond acceptors (Lipinski definition) is 11. The average Bonchev–Trinajstić information content (AvgIpc) is 3.16. The third-order valence-corrected chi connectivity index (χ3v) is 9.94. The number of carbonyl (C=O) groups excluding carboxylic acids is 4. The molecule has 0 aromatic carbocycles. The van der Waals surface area contributed by atoms with Crippen LogP contribution in [0.15, 0.2) is 130 Å². The van der Waals surface area contributed by atoms with E-state index >= 15 is 0 Å². The summed E-state index contributed by atoms with van der Waals surface area (Å²) in [7, 11) is 0. The first-order valence-corrected chi connectivity index (χ1v) is 19.4. The Morgan fingerprint density at radius 2 is 1.15 bits per heavy atom. The number of aliphatic hydroxyl groups excluding tert-OH is 3. The van der Waals surface area contributed by atoms with E-state index < -0.39 is 72.0 Å². The van der Waals surface area contributed by atoms with E-state index in [-0.39, 0.29) is 24.5 Å². The average molecular weight is 831 g/mol. The van der Waals surface area contributed by atoms with Gasteiger partial charge in [0.1, 0.15) is 0 Å². The molecule has 2 aliphatic carbocycles. The predicted octanol–water partition coefficient (Wildman–Crippen LogP) is 6.26. The van der Waals surface area contributed by atoms with E-state index in [1.54, 1.807) is 13.8 Å². The SMILES string of the molecule is CC1=C(/C=C/C(C)=C/C=C/C(C)=C/C=C/C=C(C)/C=C/C=C(C)/C=C/C2=C(C)C(=O)C(OC(=O)C(O)C(O)C(=O)O)CC2(C)C)C(C)CC(OC(=O)C(O)CC(=O)O)C1=O. The zero-order valence-corrected chi connectivity index (χ0v) is 35.7. The Morgan fingerprint density at radius 3 is 1.67 bits per heavy atom. The lowest BCUT2D eigenvalue weighted by molar-refractivity contribution is -0.175. The van der Waals surface area contributed by atoms with Crippen LogP contribution in [0.1, 0.15) is 81.6 Å². The largest absolute Gasteiger partial charge is 0.481 e. The number of aliphatic carboxylic acids is 2. The molecule has 324 valence electrons. The molecular weight excluding hydrogens is 773 g/mol. The molecule has 60 heavy (non-hydrogen) atoms. The summed E-state index contributed by atoms with van der Waals surface area (Å²) in [5.74, 6) is -6.61. The lowest BCUT2D eigenvalue weighted by atomic mass is 9.71. The molecule has 0 fully saturated rings. The van der Waals surface area contributed by atoms with Crippen molar-refractivity contribution in [2.75, 3.05) is 0 Å². The third kappa shape index (κ3) is 15.4. The van der Waals surface area contributed by atoms with Crippen LogP contribution in [0.4, 0.5) is 0 Å². The van der Waals surface area contributed by atoms with Crippen LogP contribution in [0, 0.1) is 11.3 Å². The second-order valence-corrected chi connectivity index (χ2v) is 15.7. The number of aliphatic hydroxyl groups is 3. The summed E-state index contributed by atoms with van der Waals surface area (Å²) in [5.41, 5.74) is 5.68. The molecule has 0 saturated heterocycles. The number of carbonyl (C=O) groups is 6. The number of esters is 2. The first-order chi connectivity index (χ1) is 28.0. The molecule has 0 saturated carbocycles. The number of ketones is 2. The molecule has 13 nitrogen and oxygen atoms in total. The van der Waals surface area contributed by atoms with Crippen LogP contribution in [0.3, 0.4) is 0 Å². The van der Waals surface area contributed by atoms with Crippen LogP contribution in [0.5, 0.6) is 0 Å². The second-order valence-electron chi connectivity index (χ2n) is 15.7. The predicted molar refractivity (Wildman–Crippen MR) is 226 cm³/mol. The second kappa shape index (κ2) is 23.1. The maximum atomic E-state index is 13.0. The van der Waals surface area contributed by atoms with Gasteiger partial charge in [0.05, 0.1) is 6.42 Å². The molecule has 0 aromatic heterocycles. The van der Waals surface area contributed by atoms with Gasteiger partial charge in [-0.25, -0.2) is 14.4 Å². The third-order valence-electron chi connectivity index (χ3n) is 9.94. The van der Waals surface area contributed by atoms with Gasteiger partial charge in [-0.3, -0.25) is 14.4 Å². The van der Waals surface area contributed by atoms with Gasteiger partial charge in [-0.1, -0.05) is 128 Å². The molecule has 5 N–H and O–H groups in total. The van der Waals surface area contributed by atoms with Crippen LogP contribution >= 0.6 is 0 Å². The van der Waals surface area contributed by atoms with E-state index in [4.69, 9.17) is 19.7 Å². The Morgan fingerprint density at radius 1 is 0.683 bits per heavy atom. The molecule has 0 amide bonds. The first kappa shape index (κ1) is 50.4. The fourth-order valence-electron chi connectivity index (χ4n) is 6.41. The Kier molecular flexibility index (Phi) is 19.4. The fraction of sp³-hybridized carbons (Fsp3) is 0.404. The van der Waals surface area contributed by atoms with Gasteiger partial charge in [0.25, 0.3) is 0 Å². The summed E-state index contributed by atoms with van der Waals surface area (Å²) in [6, 6.07) is 0. The summed E-state index contributed by atoms with van der Waals surface area (Å²) in [5, 5.41) is 46.6. The number of carboxylic acids is 2. The molecular formula is C47H58O13. The van der Waals surface area contributed by atoms with Gasteiger partial charge >= 0.3 is 23.9 Å². The van der Waals surface area contributed by atoms with Crippen LogP contribution in [-0.4, -0.2) is 91.5 Å². The zero-order chi connectivity index (χ0) is 45.5. The minimum absolute atomic E-state index is 0.106. The summed E-state index contributed by atoms with van der Waals surface area (Å²) in [6.45, 7) is 16.7. The van der Waals surface area contributed by atoms with Gasteiger partial charge in [-0.15, -0.1) is 0 Å². The minimum Gasteiger partial charge on any atom is -0.481 e. The van der Waals surface area contributed by atoms with Crippen molar-refractivity contribution in [2.24, 2.45) is 11.3 Å². The van der Waals surface area contributed by atoms with Crippen molar-refractivity contribution < 1.29 is 63.8 Å². The van der Waals surface area contributed by atoms with Crippen LogP contribution in [-0.2, 0) is 38.2 Å². The van der Waals surface area contributed by atoms with E-state index in [2.05, 4.69) is 0 Å². The normalized spacial score (nSPS) is 22.8. The number of carboxylic acid groups (broad SMARTS) is 2. The highest BCUT2D eigenvalue weighted by molar-refractivity contribution is 6.02. The monoisotopic (exact) mass is 830 g/mol. The smallest absolute Gasteiger partial charge is 0.339 e. The maximum Gasteiger partial charge on any atom is 0.339 e. The van der Waals surface area contributed by atoms with Crippen molar-refractivity contribution >= 4 is 35.4 Å². The van der Waals surface area contributed by atoms with Gasteiger partial charge < -0.3 is 35.0 Å². The molecule has 6 atom stereocenters. The Hall–Kier alpha value is -5.76. The number of allylic oxidation sites excluding steroid dienone is 20. The van der Waals surface area contributed by atoms with Gasteiger partial charge in [0.2, 0.25) is 0 Å². The molecule has 0 radical (unpaired) electrons. The summed E-state index contributed by atoms with van der Waals surface area (Å²) >= 11 is 0. The molecule has 2 aliphatic rings. The van der Waals surface area contributed by atoms with E-state index in [1.807, 2.05) is 134 Å². The van der Waals surface area contributed by atoms with Crippen LogP contribution in [0.2, 0.25) is 0 Å². The van der Waals surface area contributed by atoms with Gasteiger partial charge in [0, 0.05) is 6.42 Å². The summed E-state index contributed by atoms with van der Waals surface area (Å²) < 4.78 is 10.3. The molecule has 0 aliphatic heterocycles. The van der Waals surface area contributed by atoms with E-state index in [9.17, 15) is 44.1 Å². The Bertz CT molecular complexity index is 2020. The highest BCUT2D eigenvalue weighted by atomic mass is 16.6.